The van der Waals surface area contributed by atoms with Gasteiger partial charge in [-0.2, -0.15) is 4.39 Å². The van der Waals surface area contributed by atoms with E-state index in [4.69, 9.17) is 10.5 Å². The molecule has 0 aliphatic rings. The Hall–Kier alpha value is -2.62. The molecule has 0 fully saturated rings. The van der Waals surface area contributed by atoms with Gasteiger partial charge in [-0.25, -0.2) is 0 Å². The topological polar surface area (TPSA) is 95.5 Å². The molecular weight excluding hydrogens is 291 g/mol. The maximum Gasteiger partial charge on any atom is 0.307 e. The molecule has 0 aliphatic heterocycles. The van der Waals surface area contributed by atoms with Crippen LogP contribution in [0.25, 0.3) is 0 Å². The van der Waals surface area contributed by atoms with E-state index in [-0.39, 0.29) is 30.2 Å². The summed E-state index contributed by atoms with van der Waals surface area (Å²) in [7, 11) is 0. The van der Waals surface area contributed by atoms with Gasteiger partial charge in [-0.05, 0) is 20.8 Å². The maximum atomic E-state index is 13.4. The van der Waals surface area contributed by atoms with Gasteiger partial charge in [0.1, 0.15) is 0 Å². The van der Waals surface area contributed by atoms with E-state index in [0.29, 0.717) is 0 Å². The second-order valence-electron chi connectivity index (χ2n) is 5.26. The highest BCUT2D eigenvalue weighted by Gasteiger charge is 2.21. The standard InChI is InChI=1S/C15H17FN2O4/c1-4-22-14(19)9-15(2,3)6-5-10-7-13(18(20)21)11(16)8-12(10)17/h7-8H,4,9,17H2,1-3H3. The van der Waals surface area contributed by atoms with E-state index in [2.05, 4.69) is 11.8 Å². The second-order valence-corrected chi connectivity index (χ2v) is 5.26. The SMILES string of the molecule is CCOC(=O)CC(C)(C)C#Cc1cc([N+](=O)[O-])c(F)cc1N. The molecule has 0 heterocycles. The number of hydrogen-bond acceptors (Lipinski definition) is 5. The average Bonchev–Trinajstić information content (AvgIpc) is 2.36. The molecule has 0 unspecified atom stereocenters. The minimum absolute atomic E-state index is 0.00235. The van der Waals surface area contributed by atoms with E-state index >= 15 is 0 Å². The van der Waals surface area contributed by atoms with Gasteiger partial charge in [0, 0.05) is 17.5 Å². The summed E-state index contributed by atoms with van der Waals surface area (Å²) in [6, 6.07) is 1.85. The number of nitro groups is 1. The third-order valence-electron chi connectivity index (χ3n) is 2.74. The Kier molecular flexibility index (Phi) is 5.46. The summed E-state index contributed by atoms with van der Waals surface area (Å²) in [6.07, 6.45) is 0.0665. The summed E-state index contributed by atoms with van der Waals surface area (Å²) in [5, 5.41) is 10.7. The summed E-state index contributed by atoms with van der Waals surface area (Å²) < 4.78 is 18.2. The quantitative estimate of drug-likeness (QED) is 0.303. The highest BCUT2D eigenvalue weighted by Crippen LogP contribution is 2.25. The number of halogens is 1. The second kappa shape index (κ2) is 6.89. The smallest absolute Gasteiger partial charge is 0.307 e. The third-order valence-corrected chi connectivity index (χ3v) is 2.74. The van der Waals surface area contributed by atoms with Crippen LogP contribution in [0, 0.1) is 33.2 Å². The lowest BCUT2D eigenvalue weighted by Gasteiger charge is -2.15. The molecule has 0 amide bonds. The molecule has 1 aromatic rings. The number of nitrogens with two attached hydrogens (primary N) is 1. The van der Waals surface area contributed by atoms with Crippen LogP contribution in [0.1, 0.15) is 32.8 Å². The predicted molar refractivity (Wildman–Crippen MR) is 79.4 cm³/mol. The number of nitrogen functional groups attached to an aromatic ring is 1. The van der Waals surface area contributed by atoms with Crippen molar-refractivity contribution in [3.05, 3.63) is 33.6 Å². The van der Waals surface area contributed by atoms with Crippen molar-refractivity contribution in [3.63, 3.8) is 0 Å². The Bertz CT molecular complexity index is 659. The number of carbonyl (C=O) groups excluding carboxylic acids is 1. The van der Waals surface area contributed by atoms with Crippen molar-refractivity contribution in [2.24, 2.45) is 5.41 Å². The fourth-order valence-electron chi connectivity index (χ4n) is 1.68. The molecule has 0 spiro atoms. The summed E-state index contributed by atoms with van der Waals surface area (Å²) >= 11 is 0. The molecule has 118 valence electrons. The van der Waals surface area contributed by atoms with Gasteiger partial charge in [-0.3, -0.25) is 14.9 Å². The number of rotatable bonds is 4. The van der Waals surface area contributed by atoms with Crippen LogP contribution in [-0.2, 0) is 9.53 Å². The summed E-state index contributed by atoms with van der Waals surface area (Å²) in [6.45, 7) is 5.43. The van der Waals surface area contributed by atoms with Gasteiger partial charge >= 0.3 is 11.7 Å². The minimum atomic E-state index is -1.01. The number of carbonyl (C=O) groups is 1. The third kappa shape index (κ3) is 4.74. The van der Waals surface area contributed by atoms with Crippen molar-refractivity contribution in [1.82, 2.24) is 0 Å². The number of nitrogens with zero attached hydrogens (tertiary/aromatic N) is 1. The first-order chi connectivity index (χ1) is 10.2. The number of anilines is 1. The lowest BCUT2D eigenvalue weighted by Crippen LogP contribution is -2.17. The van der Waals surface area contributed by atoms with Gasteiger partial charge in [0.25, 0.3) is 0 Å². The Morgan fingerprint density at radius 2 is 2.14 bits per heavy atom. The fraction of sp³-hybridized carbons (Fsp3) is 0.400. The van der Waals surface area contributed by atoms with Crippen molar-refractivity contribution in [2.75, 3.05) is 12.3 Å². The van der Waals surface area contributed by atoms with Crippen molar-refractivity contribution in [3.8, 4) is 11.8 Å². The molecule has 6 nitrogen and oxygen atoms in total. The Morgan fingerprint density at radius 1 is 1.50 bits per heavy atom. The summed E-state index contributed by atoms with van der Waals surface area (Å²) in [5.41, 5.74) is 4.36. The maximum absolute atomic E-state index is 13.4. The number of hydrogen-bond donors (Lipinski definition) is 1. The van der Waals surface area contributed by atoms with Crippen LogP contribution in [0.2, 0.25) is 0 Å². The summed E-state index contributed by atoms with van der Waals surface area (Å²) in [5.74, 6) is 4.08. The Morgan fingerprint density at radius 3 is 2.68 bits per heavy atom. The van der Waals surface area contributed by atoms with Gasteiger partial charge in [0.15, 0.2) is 0 Å². The number of nitro benzene ring substituents is 1. The molecule has 0 aromatic heterocycles. The molecule has 1 rings (SSSR count). The van der Waals surface area contributed by atoms with Gasteiger partial charge in [0.2, 0.25) is 5.82 Å². The molecule has 0 bridgehead atoms. The van der Waals surface area contributed by atoms with Crippen LogP contribution in [0.3, 0.4) is 0 Å². The molecular formula is C15H17FN2O4. The van der Waals surface area contributed by atoms with Crippen molar-refractivity contribution in [1.29, 1.82) is 0 Å². The zero-order chi connectivity index (χ0) is 16.9. The minimum Gasteiger partial charge on any atom is -0.466 e. The van der Waals surface area contributed by atoms with Crippen LogP contribution in [0.4, 0.5) is 15.8 Å². The summed E-state index contributed by atoms with van der Waals surface area (Å²) in [4.78, 5) is 21.3. The van der Waals surface area contributed by atoms with E-state index in [1.165, 1.54) is 0 Å². The molecule has 0 saturated carbocycles. The highest BCUT2D eigenvalue weighted by molar-refractivity contribution is 5.71. The lowest BCUT2D eigenvalue weighted by molar-refractivity contribution is -0.387. The zero-order valence-corrected chi connectivity index (χ0v) is 12.6. The van der Waals surface area contributed by atoms with Crippen molar-refractivity contribution >= 4 is 17.3 Å². The van der Waals surface area contributed by atoms with Crippen LogP contribution in [0.5, 0.6) is 0 Å². The monoisotopic (exact) mass is 308 g/mol. The largest absolute Gasteiger partial charge is 0.466 e. The first-order valence-corrected chi connectivity index (χ1v) is 6.58. The predicted octanol–water partition coefficient (Wildman–Crippen LogP) is 2.65. The van der Waals surface area contributed by atoms with Gasteiger partial charge in [-0.15, -0.1) is 0 Å². The molecule has 22 heavy (non-hydrogen) atoms. The molecule has 0 saturated heterocycles. The van der Waals surface area contributed by atoms with Gasteiger partial charge in [0.05, 0.1) is 29.2 Å². The Balaban J connectivity index is 3.07. The van der Waals surface area contributed by atoms with E-state index in [1.54, 1.807) is 20.8 Å². The van der Waals surface area contributed by atoms with Crippen LogP contribution >= 0.6 is 0 Å². The molecule has 0 aliphatic carbocycles. The van der Waals surface area contributed by atoms with Gasteiger partial charge < -0.3 is 10.5 Å². The number of esters is 1. The van der Waals surface area contributed by atoms with E-state index < -0.39 is 21.8 Å². The molecule has 0 atom stereocenters. The Labute approximate surface area is 127 Å². The molecule has 1 aromatic carbocycles. The normalized spacial score (nSPS) is 10.5. The van der Waals surface area contributed by atoms with Crippen LogP contribution in [-0.4, -0.2) is 17.5 Å². The van der Waals surface area contributed by atoms with Crippen molar-refractivity contribution < 1.29 is 18.8 Å². The van der Waals surface area contributed by atoms with E-state index in [9.17, 15) is 19.3 Å². The average molecular weight is 308 g/mol. The molecule has 0 radical (unpaired) electrons. The van der Waals surface area contributed by atoms with E-state index in [0.717, 1.165) is 12.1 Å². The molecule has 2 N–H and O–H groups in total. The number of benzene rings is 1. The zero-order valence-electron chi connectivity index (χ0n) is 12.6. The van der Waals surface area contributed by atoms with Crippen molar-refractivity contribution in [2.45, 2.75) is 27.2 Å². The lowest BCUT2D eigenvalue weighted by atomic mass is 9.90. The fourth-order valence-corrected chi connectivity index (χ4v) is 1.68. The molecule has 7 heteroatoms. The first-order valence-electron chi connectivity index (χ1n) is 6.58. The highest BCUT2D eigenvalue weighted by atomic mass is 19.1. The van der Waals surface area contributed by atoms with Crippen LogP contribution in [0.15, 0.2) is 12.1 Å². The first kappa shape index (κ1) is 17.4. The van der Waals surface area contributed by atoms with Crippen LogP contribution < -0.4 is 5.73 Å². The van der Waals surface area contributed by atoms with Gasteiger partial charge in [-0.1, -0.05) is 11.8 Å². The van der Waals surface area contributed by atoms with E-state index in [1.807, 2.05) is 0 Å². The number of ether oxygens (including phenoxy) is 1.